The lowest BCUT2D eigenvalue weighted by molar-refractivity contribution is 0.103. The molecule has 2 rings (SSSR count). The second-order valence-corrected chi connectivity index (χ2v) is 5.08. The highest BCUT2D eigenvalue weighted by molar-refractivity contribution is 9.10. The highest BCUT2D eigenvalue weighted by atomic mass is 79.9. The summed E-state index contributed by atoms with van der Waals surface area (Å²) < 4.78 is 11.0. The number of carbonyl (C=O) groups excluding carboxylic acids is 1. The first-order valence-corrected chi connectivity index (χ1v) is 6.82. The molecule has 20 heavy (non-hydrogen) atoms. The third-order valence-electron chi connectivity index (χ3n) is 2.69. The second kappa shape index (κ2) is 6.24. The third-order valence-corrected chi connectivity index (χ3v) is 3.66. The van der Waals surface area contributed by atoms with E-state index in [9.17, 15) is 4.79 Å². The SMILES string of the molecule is COc1ccc(C(=O)c2ccc(Cl)cn2)c(OC)c1Br. The molecule has 4 nitrogen and oxygen atoms in total. The van der Waals surface area contributed by atoms with E-state index >= 15 is 0 Å². The maximum atomic E-state index is 12.4. The van der Waals surface area contributed by atoms with E-state index < -0.39 is 0 Å². The molecule has 0 saturated heterocycles. The lowest BCUT2D eigenvalue weighted by Crippen LogP contribution is -2.07. The predicted octanol–water partition coefficient (Wildman–Crippen LogP) is 3.75. The smallest absolute Gasteiger partial charge is 0.215 e. The Kier molecular flexibility index (Phi) is 4.62. The summed E-state index contributed by atoms with van der Waals surface area (Å²) in [7, 11) is 3.04. The van der Waals surface area contributed by atoms with Gasteiger partial charge in [0.15, 0.2) is 0 Å². The van der Waals surface area contributed by atoms with Crippen LogP contribution in [0.25, 0.3) is 0 Å². The molecular formula is C14H11BrClNO3. The fourth-order valence-corrected chi connectivity index (χ4v) is 2.50. The van der Waals surface area contributed by atoms with E-state index in [0.29, 0.717) is 32.3 Å². The van der Waals surface area contributed by atoms with Gasteiger partial charge < -0.3 is 9.47 Å². The zero-order chi connectivity index (χ0) is 14.7. The molecular weight excluding hydrogens is 346 g/mol. The molecule has 6 heteroatoms. The molecule has 0 saturated carbocycles. The highest BCUT2D eigenvalue weighted by Gasteiger charge is 2.20. The molecule has 0 unspecified atom stereocenters. The molecule has 0 N–H and O–H groups in total. The van der Waals surface area contributed by atoms with Crippen LogP contribution in [-0.2, 0) is 0 Å². The number of halogens is 2. The molecule has 1 heterocycles. The number of carbonyl (C=O) groups is 1. The number of rotatable bonds is 4. The van der Waals surface area contributed by atoms with Crippen LogP contribution >= 0.6 is 27.5 Å². The number of benzene rings is 1. The van der Waals surface area contributed by atoms with Crippen LogP contribution in [0.2, 0.25) is 5.02 Å². The zero-order valence-electron chi connectivity index (χ0n) is 10.8. The second-order valence-electron chi connectivity index (χ2n) is 3.85. The fourth-order valence-electron chi connectivity index (χ4n) is 1.72. The maximum absolute atomic E-state index is 12.4. The first-order valence-electron chi connectivity index (χ1n) is 5.65. The summed E-state index contributed by atoms with van der Waals surface area (Å²) in [6.45, 7) is 0. The van der Waals surface area contributed by atoms with Crippen molar-refractivity contribution in [2.45, 2.75) is 0 Å². The molecule has 0 atom stereocenters. The van der Waals surface area contributed by atoms with Gasteiger partial charge in [0.2, 0.25) is 5.78 Å². The molecule has 0 spiro atoms. The van der Waals surface area contributed by atoms with Crippen LogP contribution in [0.4, 0.5) is 0 Å². The summed E-state index contributed by atoms with van der Waals surface area (Å²) in [4.78, 5) is 16.5. The number of nitrogens with zero attached hydrogens (tertiary/aromatic N) is 1. The van der Waals surface area contributed by atoms with E-state index in [0.717, 1.165) is 0 Å². The fraction of sp³-hybridized carbons (Fsp3) is 0.143. The maximum Gasteiger partial charge on any atom is 0.215 e. The van der Waals surface area contributed by atoms with Gasteiger partial charge in [-0.2, -0.15) is 0 Å². The lowest BCUT2D eigenvalue weighted by Gasteiger charge is -2.12. The van der Waals surface area contributed by atoms with Crippen molar-refractivity contribution in [3.05, 3.63) is 51.2 Å². The minimum atomic E-state index is -0.248. The highest BCUT2D eigenvalue weighted by Crippen LogP contribution is 2.37. The number of hydrogen-bond acceptors (Lipinski definition) is 4. The van der Waals surface area contributed by atoms with Crippen molar-refractivity contribution in [2.24, 2.45) is 0 Å². The van der Waals surface area contributed by atoms with Crippen LogP contribution in [0.15, 0.2) is 34.9 Å². The van der Waals surface area contributed by atoms with Crippen molar-refractivity contribution >= 4 is 33.3 Å². The monoisotopic (exact) mass is 355 g/mol. The Labute approximate surface area is 129 Å². The van der Waals surface area contributed by atoms with Crippen LogP contribution in [0, 0.1) is 0 Å². The number of ketones is 1. The van der Waals surface area contributed by atoms with E-state index in [2.05, 4.69) is 20.9 Å². The van der Waals surface area contributed by atoms with Crippen molar-refractivity contribution in [1.82, 2.24) is 4.98 Å². The summed E-state index contributed by atoms with van der Waals surface area (Å²) in [5.41, 5.74) is 0.694. The van der Waals surface area contributed by atoms with E-state index in [1.807, 2.05) is 0 Å². The topological polar surface area (TPSA) is 48.4 Å². The first kappa shape index (κ1) is 14.8. The van der Waals surface area contributed by atoms with Crippen LogP contribution in [0.3, 0.4) is 0 Å². The van der Waals surface area contributed by atoms with Gasteiger partial charge in [-0.15, -0.1) is 0 Å². The number of aromatic nitrogens is 1. The number of methoxy groups -OCH3 is 2. The number of pyridine rings is 1. The number of ether oxygens (including phenoxy) is 2. The van der Waals surface area contributed by atoms with Gasteiger partial charge in [-0.1, -0.05) is 11.6 Å². The van der Waals surface area contributed by atoms with Gasteiger partial charge >= 0.3 is 0 Å². The molecule has 0 aliphatic carbocycles. The van der Waals surface area contributed by atoms with Gasteiger partial charge in [-0.3, -0.25) is 9.78 Å². The molecule has 2 aromatic rings. The van der Waals surface area contributed by atoms with E-state index in [-0.39, 0.29) is 5.78 Å². The molecule has 1 aromatic carbocycles. The molecule has 0 amide bonds. The van der Waals surface area contributed by atoms with Gasteiger partial charge in [0, 0.05) is 6.20 Å². The Morgan fingerprint density at radius 3 is 2.50 bits per heavy atom. The van der Waals surface area contributed by atoms with Crippen LogP contribution in [-0.4, -0.2) is 25.0 Å². The summed E-state index contributed by atoms with van der Waals surface area (Å²) in [5.74, 6) is 0.746. The summed E-state index contributed by atoms with van der Waals surface area (Å²) in [6, 6.07) is 6.52. The van der Waals surface area contributed by atoms with Crippen LogP contribution in [0.1, 0.15) is 16.1 Å². The van der Waals surface area contributed by atoms with Crippen LogP contribution in [0.5, 0.6) is 11.5 Å². The van der Waals surface area contributed by atoms with Crippen molar-refractivity contribution in [2.75, 3.05) is 14.2 Å². The van der Waals surface area contributed by atoms with E-state index in [1.165, 1.54) is 13.3 Å². The van der Waals surface area contributed by atoms with Gasteiger partial charge in [0.05, 0.1) is 24.8 Å². The van der Waals surface area contributed by atoms with E-state index in [1.54, 1.807) is 31.4 Å². The normalized spacial score (nSPS) is 10.2. The molecule has 0 bridgehead atoms. The van der Waals surface area contributed by atoms with Crippen molar-refractivity contribution < 1.29 is 14.3 Å². The average Bonchev–Trinajstić information content (AvgIpc) is 2.47. The standard InChI is InChI=1S/C14H11BrClNO3/c1-19-11-6-4-9(14(20-2)12(11)15)13(18)10-5-3-8(16)7-17-10/h3-7H,1-2H3. The van der Waals surface area contributed by atoms with Gasteiger partial charge in [0.25, 0.3) is 0 Å². The molecule has 0 fully saturated rings. The quantitative estimate of drug-likeness (QED) is 0.783. The summed E-state index contributed by atoms with van der Waals surface area (Å²) >= 11 is 9.12. The number of hydrogen-bond donors (Lipinski definition) is 0. The Morgan fingerprint density at radius 1 is 1.20 bits per heavy atom. The first-order chi connectivity index (χ1) is 9.58. The Hall–Kier alpha value is -1.59. The van der Waals surface area contributed by atoms with Crippen LogP contribution < -0.4 is 9.47 Å². The molecule has 0 radical (unpaired) electrons. The average molecular weight is 357 g/mol. The van der Waals surface area contributed by atoms with Gasteiger partial charge in [-0.05, 0) is 40.2 Å². The molecule has 0 aliphatic rings. The summed E-state index contributed by atoms with van der Waals surface area (Å²) in [5, 5.41) is 0.476. The van der Waals surface area contributed by atoms with Gasteiger partial charge in [0.1, 0.15) is 21.7 Å². The van der Waals surface area contributed by atoms with Crippen molar-refractivity contribution in [3.8, 4) is 11.5 Å². The Bertz CT molecular complexity index is 644. The third kappa shape index (κ3) is 2.78. The van der Waals surface area contributed by atoms with Gasteiger partial charge in [-0.25, -0.2) is 0 Å². The molecule has 104 valence electrons. The van der Waals surface area contributed by atoms with E-state index in [4.69, 9.17) is 21.1 Å². The largest absolute Gasteiger partial charge is 0.495 e. The van der Waals surface area contributed by atoms with Crippen molar-refractivity contribution in [1.29, 1.82) is 0 Å². The predicted molar refractivity (Wildman–Crippen MR) is 79.9 cm³/mol. The minimum absolute atomic E-state index is 0.248. The lowest BCUT2D eigenvalue weighted by atomic mass is 10.1. The van der Waals surface area contributed by atoms with Crippen molar-refractivity contribution in [3.63, 3.8) is 0 Å². The Morgan fingerprint density at radius 2 is 1.95 bits per heavy atom. The summed E-state index contributed by atoms with van der Waals surface area (Å²) in [6.07, 6.45) is 1.43. The molecule has 1 aromatic heterocycles. The minimum Gasteiger partial charge on any atom is -0.495 e. The molecule has 0 aliphatic heterocycles. The zero-order valence-corrected chi connectivity index (χ0v) is 13.2. The Balaban J connectivity index is 2.49.